The number of aromatic nitrogens is 2. The minimum absolute atomic E-state index is 0.00415. The van der Waals surface area contributed by atoms with E-state index in [4.69, 9.17) is 11.6 Å². The lowest BCUT2D eigenvalue weighted by atomic mass is 10.4. The van der Waals surface area contributed by atoms with Gasteiger partial charge >= 0.3 is 5.97 Å². The van der Waals surface area contributed by atoms with Crippen molar-refractivity contribution in [2.75, 3.05) is 13.7 Å². The highest BCUT2D eigenvalue weighted by molar-refractivity contribution is 7.89. The summed E-state index contributed by atoms with van der Waals surface area (Å²) in [4.78, 5) is 15.1. The van der Waals surface area contributed by atoms with Crippen LogP contribution in [-0.2, 0) is 26.6 Å². The summed E-state index contributed by atoms with van der Waals surface area (Å²) in [7, 11) is -1.17. The van der Waals surface area contributed by atoms with Gasteiger partial charge in [0.05, 0.1) is 13.4 Å². The first-order valence-corrected chi connectivity index (χ1v) is 7.29. The van der Waals surface area contributed by atoms with Gasteiger partial charge in [-0.3, -0.25) is 4.79 Å². The number of nitrogens with zero attached hydrogens (tertiary/aromatic N) is 3. The van der Waals surface area contributed by atoms with Crippen molar-refractivity contribution in [1.82, 2.24) is 13.9 Å². The summed E-state index contributed by atoms with van der Waals surface area (Å²) in [5, 5.41) is -0.273. The highest BCUT2D eigenvalue weighted by atomic mass is 35.5. The quantitative estimate of drug-likeness (QED) is 0.746. The van der Waals surface area contributed by atoms with Crippen LogP contribution in [0.5, 0.6) is 0 Å². The number of rotatable bonds is 5. The predicted octanol–water partition coefficient (Wildman–Crippen LogP) is 0.646. The summed E-state index contributed by atoms with van der Waals surface area (Å²) >= 11 is 5.89. The van der Waals surface area contributed by atoms with Gasteiger partial charge < -0.3 is 9.30 Å². The van der Waals surface area contributed by atoms with Crippen molar-refractivity contribution in [3.63, 3.8) is 0 Å². The number of halogens is 1. The van der Waals surface area contributed by atoms with Crippen LogP contribution in [0.15, 0.2) is 11.4 Å². The molecule has 1 heterocycles. The molecular weight excluding hydrogens is 294 g/mol. The topological polar surface area (TPSA) is 81.5 Å². The third kappa shape index (κ3) is 3.26. The molecule has 0 spiro atoms. The third-order valence-corrected chi connectivity index (χ3v) is 4.99. The lowest BCUT2D eigenvalue weighted by molar-refractivity contribution is -0.141. The van der Waals surface area contributed by atoms with Gasteiger partial charge in [-0.25, -0.2) is 13.4 Å². The van der Waals surface area contributed by atoms with E-state index in [1.54, 1.807) is 20.9 Å². The molecule has 0 unspecified atom stereocenters. The van der Waals surface area contributed by atoms with Crippen LogP contribution in [0.25, 0.3) is 0 Å². The van der Waals surface area contributed by atoms with Crippen molar-refractivity contribution in [3.8, 4) is 0 Å². The number of carbonyl (C=O) groups is 1. The molecule has 7 nitrogen and oxygen atoms in total. The number of sulfonamides is 1. The molecule has 0 aliphatic carbocycles. The molecule has 1 aromatic rings. The fourth-order valence-electron chi connectivity index (χ4n) is 1.41. The molecule has 0 radical (unpaired) electrons. The molecule has 0 atom stereocenters. The van der Waals surface area contributed by atoms with Gasteiger partial charge in [0, 0.05) is 13.1 Å². The summed E-state index contributed by atoms with van der Waals surface area (Å²) in [5.74, 6) is -0.649. The van der Waals surface area contributed by atoms with Gasteiger partial charge in [-0.2, -0.15) is 4.31 Å². The standard InChI is InChI=1S/C10H16ClN3O4S/c1-7(2)14(5-8(15)18-4)19(16,17)10-9(11)13(3)6-12-10/h6-7H,5H2,1-4H3. The van der Waals surface area contributed by atoms with Gasteiger partial charge in [0.25, 0.3) is 10.0 Å². The molecule has 0 fully saturated rings. The Hall–Kier alpha value is -1.12. The first-order valence-electron chi connectivity index (χ1n) is 5.47. The van der Waals surface area contributed by atoms with E-state index in [1.165, 1.54) is 18.0 Å². The third-order valence-electron chi connectivity index (χ3n) is 2.48. The first-order chi connectivity index (χ1) is 8.71. The SMILES string of the molecule is COC(=O)CN(C(C)C)S(=O)(=O)c1ncn(C)c1Cl. The molecule has 0 saturated heterocycles. The zero-order valence-corrected chi connectivity index (χ0v) is 12.7. The summed E-state index contributed by atoms with van der Waals surface area (Å²) < 4.78 is 31.7. The Labute approximate surface area is 117 Å². The van der Waals surface area contributed by atoms with Gasteiger partial charge in [0.1, 0.15) is 11.7 Å². The van der Waals surface area contributed by atoms with E-state index < -0.39 is 22.0 Å². The zero-order chi connectivity index (χ0) is 14.8. The molecule has 1 aromatic heterocycles. The van der Waals surface area contributed by atoms with Crippen LogP contribution in [0.3, 0.4) is 0 Å². The maximum absolute atomic E-state index is 12.4. The van der Waals surface area contributed by atoms with Gasteiger partial charge in [-0.1, -0.05) is 11.6 Å². The summed E-state index contributed by atoms with van der Waals surface area (Å²) in [6.45, 7) is 2.91. The number of esters is 1. The van der Waals surface area contributed by atoms with Crippen LogP contribution in [0.2, 0.25) is 5.15 Å². The van der Waals surface area contributed by atoms with Crippen LogP contribution in [-0.4, -0.2) is 47.9 Å². The molecule has 0 bridgehead atoms. The Balaban J connectivity index is 3.21. The summed E-state index contributed by atoms with van der Waals surface area (Å²) in [5.41, 5.74) is 0. The lowest BCUT2D eigenvalue weighted by Gasteiger charge is -2.23. The van der Waals surface area contributed by atoms with Crippen molar-refractivity contribution in [2.45, 2.75) is 24.9 Å². The number of aryl methyl sites for hydroxylation is 1. The second kappa shape index (κ2) is 5.89. The minimum atomic E-state index is -3.95. The van der Waals surface area contributed by atoms with Crippen molar-refractivity contribution in [1.29, 1.82) is 0 Å². The number of methoxy groups -OCH3 is 1. The Kier molecular flexibility index (Phi) is 4.94. The Bertz CT molecular complexity index is 567. The highest BCUT2D eigenvalue weighted by Gasteiger charge is 2.33. The number of hydrogen-bond donors (Lipinski definition) is 0. The van der Waals surface area contributed by atoms with Crippen LogP contribution < -0.4 is 0 Å². The number of hydrogen-bond acceptors (Lipinski definition) is 5. The molecular formula is C10H16ClN3O4S. The van der Waals surface area contributed by atoms with Crippen LogP contribution in [0.4, 0.5) is 0 Å². The molecule has 0 aliphatic rings. The van der Waals surface area contributed by atoms with Gasteiger partial charge in [0.15, 0.2) is 0 Å². The lowest BCUT2D eigenvalue weighted by Crippen LogP contribution is -2.41. The van der Waals surface area contributed by atoms with Crippen molar-refractivity contribution < 1.29 is 17.9 Å². The number of ether oxygens (including phenoxy) is 1. The normalized spacial score (nSPS) is 12.2. The smallest absolute Gasteiger partial charge is 0.321 e. The Morgan fingerprint density at radius 1 is 1.58 bits per heavy atom. The molecule has 9 heteroatoms. The van der Waals surface area contributed by atoms with E-state index in [9.17, 15) is 13.2 Å². The fourth-order valence-corrected chi connectivity index (χ4v) is 3.39. The number of imidazole rings is 1. The molecule has 0 saturated carbocycles. The average Bonchev–Trinajstić information content (AvgIpc) is 2.66. The molecule has 0 aliphatic heterocycles. The van der Waals surface area contributed by atoms with E-state index in [-0.39, 0.29) is 16.7 Å². The average molecular weight is 310 g/mol. The minimum Gasteiger partial charge on any atom is -0.468 e. The van der Waals surface area contributed by atoms with E-state index >= 15 is 0 Å². The zero-order valence-electron chi connectivity index (χ0n) is 11.1. The number of carbonyl (C=O) groups excluding carboxylic acids is 1. The van der Waals surface area contributed by atoms with E-state index in [0.717, 1.165) is 4.31 Å². The predicted molar refractivity (Wildman–Crippen MR) is 69.3 cm³/mol. The molecule has 0 aromatic carbocycles. The summed E-state index contributed by atoms with van der Waals surface area (Å²) in [6, 6.07) is -0.429. The Morgan fingerprint density at radius 2 is 2.16 bits per heavy atom. The second-order valence-corrected chi connectivity index (χ2v) is 6.34. The van der Waals surface area contributed by atoms with Crippen molar-refractivity contribution in [3.05, 3.63) is 11.5 Å². The van der Waals surface area contributed by atoms with Gasteiger partial charge in [0.2, 0.25) is 5.03 Å². The van der Waals surface area contributed by atoms with Gasteiger partial charge in [-0.15, -0.1) is 0 Å². The monoisotopic (exact) mass is 309 g/mol. The van der Waals surface area contributed by atoms with E-state index in [2.05, 4.69) is 9.72 Å². The van der Waals surface area contributed by atoms with Crippen molar-refractivity contribution >= 4 is 27.6 Å². The molecule has 1 rings (SSSR count). The summed E-state index contributed by atoms with van der Waals surface area (Å²) in [6.07, 6.45) is 1.30. The maximum Gasteiger partial charge on any atom is 0.321 e. The Morgan fingerprint density at radius 3 is 2.53 bits per heavy atom. The molecule has 19 heavy (non-hydrogen) atoms. The second-order valence-electron chi connectivity index (χ2n) is 4.17. The first kappa shape index (κ1) is 15.9. The van der Waals surface area contributed by atoms with Crippen molar-refractivity contribution in [2.24, 2.45) is 7.05 Å². The molecule has 0 amide bonds. The van der Waals surface area contributed by atoms with Crippen LogP contribution in [0.1, 0.15) is 13.8 Å². The fraction of sp³-hybridized carbons (Fsp3) is 0.600. The van der Waals surface area contributed by atoms with E-state index in [1.807, 2.05) is 0 Å². The van der Waals surface area contributed by atoms with Crippen LogP contribution in [0, 0.1) is 0 Å². The largest absolute Gasteiger partial charge is 0.468 e. The maximum atomic E-state index is 12.4. The highest BCUT2D eigenvalue weighted by Crippen LogP contribution is 2.23. The van der Waals surface area contributed by atoms with E-state index in [0.29, 0.717) is 0 Å². The molecule has 0 N–H and O–H groups in total. The van der Waals surface area contributed by atoms with Crippen LogP contribution >= 0.6 is 11.6 Å². The molecule has 108 valence electrons. The van der Waals surface area contributed by atoms with Gasteiger partial charge in [-0.05, 0) is 13.8 Å².